The van der Waals surface area contributed by atoms with Gasteiger partial charge in [-0.15, -0.1) is 0 Å². The van der Waals surface area contributed by atoms with Crippen molar-refractivity contribution < 1.29 is 22.4 Å². The van der Waals surface area contributed by atoms with Crippen molar-refractivity contribution in [1.29, 1.82) is 0 Å². The van der Waals surface area contributed by atoms with Crippen LogP contribution < -0.4 is 10.2 Å². The van der Waals surface area contributed by atoms with E-state index in [9.17, 15) is 22.4 Å². The molecule has 0 atom stereocenters. The number of nitrogens with one attached hydrogen (secondary N) is 1. The normalized spacial score (nSPS) is 17.5. The summed E-state index contributed by atoms with van der Waals surface area (Å²) in [4.78, 5) is 27.9. The first-order valence-electron chi connectivity index (χ1n) is 11.7. The highest BCUT2D eigenvalue weighted by Crippen LogP contribution is 2.33. The minimum atomic E-state index is -3.73. The molecule has 1 fully saturated rings. The van der Waals surface area contributed by atoms with Crippen molar-refractivity contribution in [3.63, 3.8) is 0 Å². The van der Waals surface area contributed by atoms with Crippen molar-refractivity contribution in [2.24, 2.45) is 5.92 Å². The SMILES string of the molecule is CC(C)NC(=O)c1cccc2c1CCCN2C(=O)C1CCN(S(=O)(=O)c2ccc(F)cc2)CC1. The Morgan fingerprint density at radius 1 is 1.03 bits per heavy atom. The monoisotopic (exact) mass is 487 g/mol. The summed E-state index contributed by atoms with van der Waals surface area (Å²) in [6, 6.07) is 10.3. The summed E-state index contributed by atoms with van der Waals surface area (Å²) in [5.74, 6) is -0.949. The van der Waals surface area contributed by atoms with Gasteiger partial charge in [0.05, 0.1) is 4.90 Å². The van der Waals surface area contributed by atoms with Crippen LogP contribution in [0.4, 0.5) is 10.1 Å². The quantitative estimate of drug-likeness (QED) is 0.701. The smallest absolute Gasteiger partial charge is 0.251 e. The Morgan fingerprint density at radius 3 is 2.35 bits per heavy atom. The summed E-state index contributed by atoms with van der Waals surface area (Å²) in [6.07, 6.45) is 2.33. The molecule has 0 saturated carbocycles. The number of halogens is 1. The molecule has 0 radical (unpaired) electrons. The van der Waals surface area contributed by atoms with Gasteiger partial charge in [-0.2, -0.15) is 4.31 Å². The van der Waals surface area contributed by atoms with Gasteiger partial charge < -0.3 is 10.2 Å². The fraction of sp³-hybridized carbons (Fsp3) is 0.440. The molecule has 2 aromatic carbocycles. The molecule has 2 amide bonds. The van der Waals surface area contributed by atoms with Gasteiger partial charge in [0.1, 0.15) is 5.82 Å². The Morgan fingerprint density at radius 2 is 1.71 bits per heavy atom. The van der Waals surface area contributed by atoms with Gasteiger partial charge in [-0.05, 0) is 81.5 Å². The van der Waals surface area contributed by atoms with Gasteiger partial charge in [0.25, 0.3) is 5.91 Å². The van der Waals surface area contributed by atoms with E-state index in [-0.39, 0.29) is 41.8 Å². The molecule has 0 aliphatic carbocycles. The van der Waals surface area contributed by atoms with Crippen LogP contribution in [-0.4, -0.2) is 50.2 Å². The maximum absolute atomic E-state index is 13.5. The zero-order valence-corrected chi connectivity index (χ0v) is 20.3. The van der Waals surface area contributed by atoms with Crippen molar-refractivity contribution in [2.45, 2.75) is 50.5 Å². The summed E-state index contributed by atoms with van der Waals surface area (Å²) in [5.41, 5.74) is 2.26. The number of rotatable bonds is 5. The number of anilines is 1. The second-order valence-corrected chi connectivity index (χ2v) is 11.1. The number of hydrogen-bond donors (Lipinski definition) is 1. The highest BCUT2D eigenvalue weighted by Gasteiger charge is 2.36. The van der Waals surface area contributed by atoms with Crippen LogP contribution in [-0.2, 0) is 21.2 Å². The zero-order valence-electron chi connectivity index (χ0n) is 19.5. The molecule has 1 saturated heterocycles. The Balaban J connectivity index is 1.47. The molecule has 1 N–H and O–H groups in total. The van der Waals surface area contributed by atoms with Gasteiger partial charge in [0.15, 0.2) is 0 Å². The number of nitrogens with zero attached hydrogens (tertiary/aromatic N) is 2. The van der Waals surface area contributed by atoms with Crippen LogP contribution in [0, 0.1) is 11.7 Å². The number of amides is 2. The Kier molecular flexibility index (Phi) is 7.04. The predicted molar refractivity (Wildman–Crippen MR) is 128 cm³/mol. The molecule has 0 bridgehead atoms. The maximum Gasteiger partial charge on any atom is 0.251 e. The number of carbonyl (C=O) groups is 2. The Bertz CT molecular complexity index is 1170. The minimum Gasteiger partial charge on any atom is -0.350 e. The van der Waals surface area contributed by atoms with E-state index in [4.69, 9.17) is 0 Å². The third kappa shape index (κ3) is 4.86. The second kappa shape index (κ2) is 9.84. The average molecular weight is 488 g/mol. The molecule has 4 rings (SSSR count). The van der Waals surface area contributed by atoms with Crippen LogP contribution in [0.25, 0.3) is 0 Å². The zero-order chi connectivity index (χ0) is 24.5. The first kappa shape index (κ1) is 24.3. The van der Waals surface area contributed by atoms with Crippen molar-refractivity contribution in [2.75, 3.05) is 24.5 Å². The largest absolute Gasteiger partial charge is 0.350 e. The molecule has 0 spiro atoms. The van der Waals surface area contributed by atoms with Crippen LogP contribution in [0.2, 0.25) is 0 Å². The van der Waals surface area contributed by atoms with E-state index in [1.807, 2.05) is 19.9 Å². The van der Waals surface area contributed by atoms with E-state index >= 15 is 0 Å². The lowest BCUT2D eigenvalue weighted by atomic mass is 9.92. The summed E-state index contributed by atoms with van der Waals surface area (Å²) < 4.78 is 40.3. The summed E-state index contributed by atoms with van der Waals surface area (Å²) in [5, 5.41) is 2.93. The molecule has 7 nitrogen and oxygen atoms in total. The molecule has 2 heterocycles. The van der Waals surface area contributed by atoms with E-state index in [1.165, 1.54) is 16.4 Å². The summed E-state index contributed by atoms with van der Waals surface area (Å²) in [7, 11) is -3.73. The third-order valence-corrected chi connectivity index (χ3v) is 8.35. The van der Waals surface area contributed by atoms with Crippen LogP contribution in [0.5, 0.6) is 0 Å². The highest BCUT2D eigenvalue weighted by atomic mass is 32.2. The lowest BCUT2D eigenvalue weighted by molar-refractivity contribution is -0.123. The van der Waals surface area contributed by atoms with E-state index in [0.29, 0.717) is 24.9 Å². The Labute approximate surface area is 200 Å². The number of hydrogen-bond acceptors (Lipinski definition) is 4. The van der Waals surface area contributed by atoms with Crippen LogP contribution in [0.1, 0.15) is 49.0 Å². The molecule has 2 aromatic rings. The van der Waals surface area contributed by atoms with Crippen LogP contribution >= 0.6 is 0 Å². The molecular formula is C25H30FN3O4S. The van der Waals surface area contributed by atoms with Gasteiger partial charge in [-0.1, -0.05) is 6.07 Å². The first-order chi connectivity index (χ1) is 16.2. The Hall–Kier alpha value is -2.78. The van der Waals surface area contributed by atoms with Crippen molar-refractivity contribution in [3.8, 4) is 0 Å². The average Bonchev–Trinajstić information content (AvgIpc) is 2.82. The fourth-order valence-electron chi connectivity index (χ4n) is 4.73. The second-order valence-electron chi connectivity index (χ2n) is 9.16. The van der Waals surface area contributed by atoms with Gasteiger partial charge in [0, 0.05) is 42.8 Å². The highest BCUT2D eigenvalue weighted by molar-refractivity contribution is 7.89. The molecule has 9 heteroatoms. The molecule has 34 heavy (non-hydrogen) atoms. The summed E-state index contributed by atoms with van der Waals surface area (Å²) >= 11 is 0. The minimum absolute atomic E-state index is 0.0149. The van der Waals surface area contributed by atoms with Crippen LogP contribution in [0.3, 0.4) is 0 Å². The van der Waals surface area contributed by atoms with Gasteiger partial charge in [-0.3, -0.25) is 9.59 Å². The number of piperidine rings is 1. The van der Waals surface area contributed by atoms with Gasteiger partial charge in [0.2, 0.25) is 15.9 Å². The van der Waals surface area contributed by atoms with E-state index < -0.39 is 15.8 Å². The first-order valence-corrected chi connectivity index (χ1v) is 13.1. The number of benzene rings is 2. The predicted octanol–water partition coefficient (Wildman–Crippen LogP) is 3.34. The van der Waals surface area contributed by atoms with Crippen molar-refractivity contribution >= 4 is 27.5 Å². The van der Waals surface area contributed by atoms with Crippen molar-refractivity contribution in [3.05, 3.63) is 59.4 Å². The van der Waals surface area contributed by atoms with E-state index in [2.05, 4.69) is 5.32 Å². The van der Waals surface area contributed by atoms with E-state index in [0.717, 1.165) is 36.2 Å². The molecule has 2 aliphatic rings. The van der Waals surface area contributed by atoms with E-state index in [1.54, 1.807) is 17.0 Å². The summed E-state index contributed by atoms with van der Waals surface area (Å²) in [6.45, 7) is 4.86. The number of fused-ring (bicyclic) bond motifs is 1. The maximum atomic E-state index is 13.5. The molecule has 0 unspecified atom stereocenters. The third-order valence-electron chi connectivity index (χ3n) is 6.44. The standard InChI is InChI=1S/C25H30FN3O4S/c1-17(2)27-24(30)22-5-3-7-23-21(22)6-4-14-29(23)25(31)18-12-15-28(16-13-18)34(32,33)20-10-8-19(26)9-11-20/h3,5,7-11,17-18H,4,6,12-16H2,1-2H3,(H,27,30). The van der Waals surface area contributed by atoms with Crippen LogP contribution in [0.15, 0.2) is 47.4 Å². The molecular weight excluding hydrogens is 457 g/mol. The fourth-order valence-corrected chi connectivity index (χ4v) is 6.20. The lowest BCUT2D eigenvalue weighted by Gasteiger charge is -2.36. The number of sulfonamides is 1. The topological polar surface area (TPSA) is 86.8 Å². The van der Waals surface area contributed by atoms with Crippen molar-refractivity contribution in [1.82, 2.24) is 9.62 Å². The number of carbonyl (C=O) groups excluding carboxylic acids is 2. The molecule has 0 aromatic heterocycles. The lowest BCUT2D eigenvalue weighted by Crippen LogP contribution is -2.46. The molecule has 182 valence electrons. The molecule has 2 aliphatic heterocycles. The van der Waals surface area contributed by atoms with Gasteiger partial charge >= 0.3 is 0 Å². The van der Waals surface area contributed by atoms with Gasteiger partial charge in [-0.25, -0.2) is 12.8 Å².